The summed E-state index contributed by atoms with van der Waals surface area (Å²) >= 11 is 2.01. The van der Waals surface area contributed by atoms with Gasteiger partial charge in [-0.05, 0) is 154 Å². The Labute approximate surface area is 318 Å². The molecule has 2 heteroatoms. The molecular weight excluding hydrogens is 673 g/mol. The van der Waals surface area contributed by atoms with Crippen LogP contribution in [0.2, 0.25) is 0 Å². The minimum absolute atomic E-state index is 0.0507. The van der Waals surface area contributed by atoms with Crippen LogP contribution in [0.4, 0.5) is 0 Å². The van der Waals surface area contributed by atoms with Gasteiger partial charge in [-0.3, -0.25) is 0 Å². The lowest BCUT2D eigenvalue weighted by Crippen LogP contribution is -2.55. The number of thiophene rings is 1. The Hall–Kier alpha value is -5.44. The molecule has 1 spiro atoms. The lowest BCUT2D eigenvalue weighted by molar-refractivity contribution is -0.0396. The average Bonchev–Trinajstić information content (AvgIpc) is 3.87. The molecule has 9 aromatic rings. The van der Waals surface area contributed by atoms with Crippen LogP contribution in [-0.2, 0) is 5.41 Å². The van der Waals surface area contributed by atoms with Gasteiger partial charge in [0.2, 0.25) is 0 Å². The van der Waals surface area contributed by atoms with E-state index < -0.39 is 0 Å². The Morgan fingerprint density at radius 3 is 1.96 bits per heavy atom. The van der Waals surface area contributed by atoms with E-state index in [1.54, 1.807) is 11.1 Å². The molecule has 2 aromatic heterocycles. The molecule has 5 aliphatic rings. The highest BCUT2D eigenvalue weighted by Crippen LogP contribution is 2.71. The summed E-state index contributed by atoms with van der Waals surface area (Å²) in [6, 6.07) is 55.0. The predicted molar refractivity (Wildman–Crippen MR) is 226 cm³/mol. The maximum Gasteiger partial charge on any atom is 0.136 e. The van der Waals surface area contributed by atoms with E-state index in [9.17, 15) is 0 Å². The van der Waals surface area contributed by atoms with E-state index in [-0.39, 0.29) is 5.41 Å². The molecule has 0 amide bonds. The summed E-state index contributed by atoms with van der Waals surface area (Å²) in [5, 5.41) is 5.11. The van der Waals surface area contributed by atoms with Crippen molar-refractivity contribution in [1.82, 2.24) is 0 Å². The molecule has 258 valence electrons. The van der Waals surface area contributed by atoms with Gasteiger partial charge >= 0.3 is 0 Å². The smallest absolute Gasteiger partial charge is 0.136 e. The van der Waals surface area contributed by atoms with E-state index >= 15 is 0 Å². The first-order valence-corrected chi connectivity index (χ1v) is 20.7. The Bertz CT molecular complexity index is 2980. The van der Waals surface area contributed by atoms with E-state index in [0.717, 1.165) is 23.0 Å². The highest BCUT2D eigenvalue weighted by molar-refractivity contribution is 7.26. The lowest BCUT2D eigenvalue weighted by atomic mass is 9.42. The summed E-state index contributed by atoms with van der Waals surface area (Å²) in [6.07, 6.45) is 6.95. The number of rotatable bonds is 3. The molecule has 1 nitrogen and oxygen atoms in total. The van der Waals surface area contributed by atoms with Crippen LogP contribution in [0.15, 0.2) is 150 Å². The fraction of sp³-hybridized carbons (Fsp3) is 0.192. The molecule has 4 fully saturated rings. The molecule has 0 radical (unpaired) electrons. The molecule has 2 heterocycles. The third-order valence-electron chi connectivity index (χ3n) is 14.2. The zero-order chi connectivity index (χ0) is 35.1. The zero-order valence-electron chi connectivity index (χ0n) is 30.0. The maximum absolute atomic E-state index is 6.46. The number of para-hydroxylation sites is 1. The quantitative estimate of drug-likeness (QED) is 0.178. The van der Waals surface area contributed by atoms with Crippen molar-refractivity contribution >= 4 is 53.4 Å². The third-order valence-corrected chi connectivity index (χ3v) is 15.4. The van der Waals surface area contributed by atoms with Crippen molar-refractivity contribution in [2.75, 3.05) is 0 Å². The van der Waals surface area contributed by atoms with Gasteiger partial charge in [0.1, 0.15) is 11.2 Å². The summed E-state index contributed by atoms with van der Waals surface area (Å²) in [6.45, 7) is 0. The summed E-state index contributed by atoms with van der Waals surface area (Å²) in [4.78, 5) is 0. The Balaban J connectivity index is 1.15. The summed E-state index contributed by atoms with van der Waals surface area (Å²) in [7, 11) is 0. The first-order chi connectivity index (χ1) is 26.7. The van der Waals surface area contributed by atoms with Gasteiger partial charge in [-0.2, -0.15) is 0 Å². The standard InChI is InChI=1S/C52H38OS/c1-2-10-32(11-3-1)34-25-35(33-18-19-41-40-13-5-8-16-46(40)53-47(41)28-33)27-36(26-34)49-50-43(29-44-42-14-6-9-17-48(42)54-51(44)49)39-12-4-7-15-45(39)52(50)37-21-30-20-31(23-37)24-38(52)22-30/h1-19,25-31,37-38H,20-24H2. The van der Waals surface area contributed by atoms with Crippen molar-refractivity contribution < 1.29 is 4.42 Å². The minimum Gasteiger partial charge on any atom is -0.456 e. The number of hydrogen-bond acceptors (Lipinski definition) is 2. The molecule has 4 bridgehead atoms. The monoisotopic (exact) mass is 710 g/mol. The Morgan fingerprint density at radius 1 is 0.463 bits per heavy atom. The molecule has 5 aliphatic carbocycles. The van der Waals surface area contributed by atoms with Gasteiger partial charge in [0.15, 0.2) is 0 Å². The number of hydrogen-bond donors (Lipinski definition) is 0. The molecule has 54 heavy (non-hydrogen) atoms. The van der Waals surface area contributed by atoms with E-state index in [2.05, 4.69) is 146 Å². The first-order valence-electron chi connectivity index (χ1n) is 19.9. The minimum atomic E-state index is 0.0507. The molecule has 0 N–H and O–H groups in total. The lowest BCUT2D eigenvalue weighted by Gasteiger charge is -2.61. The van der Waals surface area contributed by atoms with Gasteiger partial charge in [-0.1, -0.05) is 97.1 Å². The van der Waals surface area contributed by atoms with Crippen LogP contribution in [0.25, 0.3) is 86.6 Å². The SMILES string of the molecule is c1ccc(-c2cc(-c3ccc4c(c3)oc3ccccc34)cc(-c3c4c(cc5c3sc3ccccc35)-c3ccccc3C43C4CC5CC(C4)CC3C5)c2)cc1. The van der Waals surface area contributed by atoms with E-state index in [1.807, 2.05) is 11.3 Å². The van der Waals surface area contributed by atoms with Gasteiger partial charge in [-0.15, -0.1) is 11.3 Å². The van der Waals surface area contributed by atoms with Gasteiger partial charge in [0.05, 0.1) is 0 Å². The largest absolute Gasteiger partial charge is 0.456 e. The van der Waals surface area contributed by atoms with Crippen LogP contribution < -0.4 is 0 Å². The molecular formula is C52H38OS. The van der Waals surface area contributed by atoms with Crippen LogP contribution in [0.1, 0.15) is 43.2 Å². The van der Waals surface area contributed by atoms with Crippen LogP contribution in [0, 0.1) is 23.7 Å². The first kappa shape index (κ1) is 29.9. The van der Waals surface area contributed by atoms with E-state index in [0.29, 0.717) is 11.8 Å². The fourth-order valence-electron chi connectivity index (χ4n) is 12.4. The van der Waals surface area contributed by atoms with E-state index in [1.165, 1.54) is 108 Å². The molecule has 0 aliphatic heterocycles. The number of furan rings is 1. The summed E-state index contributed by atoms with van der Waals surface area (Å²) in [5.74, 6) is 3.17. The number of benzene rings is 7. The normalized spacial score (nSPS) is 23.6. The highest BCUT2D eigenvalue weighted by Gasteiger charge is 2.62. The zero-order valence-corrected chi connectivity index (χ0v) is 30.8. The van der Waals surface area contributed by atoms with Crippen molar-refractivity contribution in [3.63, 3.8) is 0 Å². The average molecular weight is 711 g/mol. The second-order valence-corrected chi connectivity index (χ2v) is 17.9. The van der Waals surface area contributed by atoms with Crippen molar-refractivity contribution in [2.24, 2.45) is 23.7 Å². The summed E-state index contributed by atoms with van der Waals surface area (Å²) in [5.41, 5.74) is 15.9. The predicted octanol–water partition coefficient (Wildman–Crippen LogP) is 14.7. The van der Waals surface area contributed by atoms with Crippen molar-refractivity contribution in [3.8, 4) is 44.5 Å². The molecule has 0 atom stereocenters. The van der Waals surface area contributed by atoms with Gasteiger partial charge in [-0.25, -0.2) is 0 Å². The topological polar surface area (TPSA) is 13.1 Å². The van der Waals surface area contributed by atoms with Crippen molar-refractivity contribution in [2.45, 2.75) is 37.5 Å². The van der Waals surface area contributed by atoms with Gasteiger partial charge in [0.25, 0.3) is 0 Å². The number of fused-ring (bicyclic) bond motifs is 9. The van der Waals surface area contributed by atoms with Crippen LogP contribution in [0.3, 0.4) is 0 Å². The Morgan fingerprint density at radius 2 is 1.13 bits per heavy atom. The van der Waals surface area contributed by atoms with E-state index in [4.69, 9.17) is 4.42 Å². The Kier molecular flexibility index (Phi) is 6.01. The third kappa shape index (κ3) is 3.94. The summed E-state index contributed by atoms with van der Waals surface area (Å²) < 4.78 is 9.28. The molecule has 14 rings (SSSR count). The van der Waals surface area contributed by atoms with Crippen LogP contribution >= 0.6 is 11.3 Å². The molecule has 4 saturated carbocycles. The van der Waals surface area contributed by atoms with Crippen LogP contribution in [-0.4, -0.2) is 0 Å². The fourth-order valence-corrected chi connectivity index (χ4v) is 13.7. The second kappa shape index (κ2) is 10.8. The second-order valence-electron chi connectivity index (χ2n) is 16.8. The van der Waals surface area contributed by atoms with Gasteiger partial charge in [0, 0.05) is 41.9 Å². The van der Waals surface area contributed by atoms with Crippen molar-refractivity contribution in [3.05, 3.63) is 157 Å². The van der Waals surface area contributed by atoms with Crippen LogP contribution in [0.5, 0.6) is 0 Å². The maximum atomic E-state index is 6.46. The van der Waals surface area contributed by atoms with Gasteiger partial charge < -0.3 is 4.42 Å². The highest BCUT2D eigenvalue weighted by atomic mass is 32.1. The molecule has 7 aromatic carbocycles. The van der Waals surface area contributed by atoms with Crippen molar-refractivity contribution in [1.29, 1.82) is 0 Å². The molecule has 0 unspecified atom stereocenters. The molecule has 0 saturated heterocycles.